The van der Waals surface area contributed by atoms with Crippen molar-refractivity contribution in [3.05, 3.63) is 99.0 Å². The van der Waals surface area contributed by atoms with Crippen LogP contribution in [0.5, 0.6) is 0 Å². The number of benzene rings is 2. The van der Waals surface area contributed by atoms with E-state index in [1.165, 1.54) is 16.7 Å². The van der Waals surface area contributed by atoms with Crippen LogP contribution in [0.3, 0.4) is 0 Å². The van der Waals surface area contributed by atoms with Gasteiger partial charge >= 0.3 is 0 Å². The molecular weight excluding hydrogens is 396 g/mol. The van der Waals surface area contributed by atoms with E-state index in [4.69, 9.17) is 11.6 Å². The number of pyridine rings is 1. The Bertz CT molecular complexity index is 1340. The molecule has 0 saturated heterocycles. The van der Waals surface area contributed by atoms with Crippen LogP contribution in [-0.4, -0.2) is 4.40 Å². The van der Waals surface area contributed by atoms with Crippen LogP contribution in [0.2, 0.25) is 5.02 Å². The van der Waals surface area contributed by atoms with E-state index in [1.54, 1.807) is 11.8 Å². The number of hydrogen-bond acceptors (Lipinski definition) is 2. The number of rotatable bonds is 2. The molecule has 4 heteroatoms. The molecule has 3 heterocycles. The molecule has 5 rings (SSSR count). The molecule has 0 atom stereocenters. The second-order valence-corrected chi connectivity index (χ2v) is 8.60. The molecule has 1 aliphatic rings. The molecule has 0 bridgehead atoms. The van der Waals surface area contributed by atoms with E-state index < -0.39 is 0 Å². The first-order valence-corrected chi connectivity index (χ1v) is 10.6. The van der Waals surface area contributed by atoms with Gasteiger partial charge in [-0.1, -0.05) is 65.3 Å². The van der Waals surface area contributed by atoms with Crippen LogP contribution in [0.4, 0.5) is 0 Å². The number of aryl methyl sites for hydroxylation is 2. The molecule has 29 heavy (non-hydrogen) atoms. The summed E-state index contributed by atoms with van der Waals surface area (Å²) in [6.45, 7) is 4.10. The highest BCUT2D eigenvalue weighted by molar-refractivity contribution is 8.02. The van der Waals surface area contributed by atoms with Crippen molar-refractivity contribution >= 4 is 34.5 Å². The van der Waals surface area contributed by atoms with Crippen molar-refractivity contribution in [1.82, 2.24) is 4.40 Å². The Morgan fingerprint density at radius 2 is 1.62 bits per heavy atom. The molecule has 140 valence electrons. The molecule has 0 spiro atoms. The Kier molecular flexibility index (Phi) is 4.28. The predicted molar refractivity (Wildman–Crippen MR) is 121 cm³/mol. The number of nitriles is 1. The average molecular weight is 413 g/mol. The average Bonchev–Trinajstić information content (AvgIpc) is 3.10. The highest BCUT2D eigenvalue weighted by Gasteiger charge is 2.25. The molecule has 1 aliphatic heterocycles. The Balaban J connectivity index is 1.85. The lowest BCUT2D eigenvalue weighted by Crippen LogP contribution is -2.05. The molecule has 0 N–H and O–H groups in total. The van der Waals surface area contributed by atoms with Gasteiger partial charge in [-0.05, 0) is 60.2 Å². The van der Waals surface area contributed by atoms with E-state index >= 15 is 0 Å². The van der Waals surface area contributed by atoms with Crippen LogP contribution < -0.4 is 0 Å². The Morgan fingerprint density at radius 1 is 0.931 bits per heavy atom. The van der Waals surface area contributed by atoms with Crippen molar-refractivity contribution < 1.29 is 0 Å². The van der Waals surface area contributed by atoms with Gasteiger partial charge < -0.3 is 4.40 Å². The summed E-state index contributed by atoms with van der Waals surface area (Å²) in [4.78, 5) is 0. The van der Waals surface area contributed by atoms with Crippen LogP contribution in [0.15, 0.2) is 71.1 Å². The van der Waals surface area contributed by atoms with Crippen LogP contribution in [0, 0.1) is 25.2 Å². The molecule has 2 aromatic carbocycles. The fraction of sp³-hybridized carbons (Fsp3) is 0.0800. The van der Waals surface area contributed by atoms with Gasteiger partial charge in [0.25, 0.3) is 0 Å². The molecule has 0 aliphatic carbocycles. The number of nitrogens with zero attached hydrogens (tertiary/aromatic N) is 2. The minimum absolute atomic E-state index is 0.722. The second-order valence-electron chi connectivity index (χ2n) is 7.31. The van der Waals surface area contributed by atoms with Gasteiger partial charge in [-0.25, -0.2) is 0 Å². The van der Waals surface area contributed by atoms with Gasteiger partial charge in [0, 0.05) is 21.7 Å². The predicted octanol–water partition coefficient (Wildman–Crippen LogP) is 7.24. The Morgan fingerprint density at radius 3 is 2.31 bits per heavy atom. The number of thioether (sulfide) groups is 1. The summed E-state index contributed by atoms with van der Waals surface area (Å²) >= 11 is 7.73. The molecular formula is C25H17ClN2S. The monoisotopic (exact) mass is 412 g/mol. The maximum atomic E-state index is 9.76. The van der Waals surface area contributed by atoms with Crippen LogP contribution in [-0.2, 0) is 0 Å². The highest BCUT2D eigenvalue weighted by Crippen LogP contribution is 2.44. The van der Waals surface area contributed by atoms with Crippen molar-refractivity contribution in [3.8, 4) is 17.2 Å². The molecule has 0 unspecified atom stereocenters. The van der Waals surface area contributed by atoms with Gasteiger partial charge in [0.05, 0.1) is 11.3 Å². The third kappa shape index (κ3) is 2.88. The van der Waals surface area contributed by atoms with E-state index in [1.807, 2.05) is 19.1 Å². The van der Waals surface area contributed by atoms with Crippen molar-refractivity contribution in [2.75, 3.05) is 0 Å². The van der Waals surface area contributed by atoms with Crippen molar-refractivity contribution in [2.45, 2.75) is 18.9 Å². The molecule has 2 nitrogen and oxygen atoms in total. The zero-order valence-corrected chi connectivity index (χ0v) is 17.6. The van der Waals surface area contributed by atoms with Gasteiger partial charge in [0.15, 0.2) is 0 Å². The third-order valence-corrected chi connectivity index (χ3v) is 6.59. The highest BCUT2D eigenvalue weighted by atomic mass is 35.5. The fourth-order valence-corrected chi connectivity index (χ4v) is 5.13. The molecule has 4 aromatic rings. The number of hydrogen-bond donors (Lipinski definition) is 0. The minimum atomic E-state index is 0.722. The number of aromatic nitrogens is 1. The first kappa shape index (κ1) is 18.1. The van der Waals surface area contributed by atoms with Crippen LogP contribution >= 0.6 is 23.4 Å². The normalized spacial score (nSPS) is 12.7. The van der Waals surface area contributed by atoms with Gasteiger partial charge in [-0.15, -0.1) is 0 Å². The topological polar surface area (TPSA) is 28.2 Å². The first-order valence-electron chi connectivity index (χ1n) is 9.36. The number of halogens is 1. The van der Waals surface area contributed by atoms with Gasteiger partial charge in [0.1, 0.15) is 11.1 Å². The maximum absolute atomic E-state index is 9.76. The minimum Gasteiger partial charge on any atom is -0.302 e. The van der Waals surface area contributed by atoms with E-state index in [2.05, 4.69) is 71.3 Å². The Hall–Kier alpha value is -2.93. The third-order valence-electron chi connectivity index (χ3n) is 5.38. The van der Waals surface area contributed by atoms with Gasteiger partial charge in [-0.2, -0.15) is 5.26 Å². The lowest BCUT2D eigenvalue weighted by molar-refractivity contribution is 0.987. The summed E-state index contributed by atoms with van der Waals surface area (Å²) in [7, 11) is 0. The molecule has 0 radical (unpaired) electrons. The largest absolute Gasteiger partial charge is 0.302 e. The molecule has 2 aromatic heterocycles. The summed E-state index contributed by atoms with van der Waals surface area (Å²) in [5.41, 5.74) is 9.79. The molecule has 0 saturated carbocycles. The lowest BCUT2D eigenvalue weighted by atomic mass is 9.97. The van der Waals surface area contributed by atoms with E-state index in [-0.39, 0.29) is 0 Å². The van der Waals surface area contributed by atoms with E-state index in [0.717, 1.165) is 43.5 Å². The second kappa shape index (κ2) is 6.84. The first-order chi connectivity index (χ1) is 14.1. The standard InChI is InChI=1S/C25H17ClN2S/c1-15-3-5-17(6-4-15)21-12-20-11-16(2)22(13-27)25-28(20)24(21)23(14-29-25)18-7-9-19(26)10-8-18/h3-12,14H,1-2H3. The quantitative estimate of drug-likeness (QED) is 0.347. The SMILES string of the molecule is Cc1ccc(-c2cc3cc(C)c(C#N)c4n3c2C(c2ccc(Cl)cc2)=CS4)cc1. The zero-order chi connectivity index (χ0) is 20.1. The van der Waals surface area contributed by atoms with Crippen LogP contribution in [0.1, 0.15) is 27.9 Å². The van der Waals surface area contributed by atoms with Crippen molar-refractivity contribution in [1.29, 1.82) is 5.26 Å². The smallest absolute Gasteiger partial charge is 0.102 e. The fourth-order valence-electron chi connectivity index (χ4n) is 3.90. The summed E-state index contributed by atoms with van der Waals surface area (Å²) in [5, 5.41) is 13.6. The summed E-state index contributed by atoms with van der Waals surface area (Å²) in [5.74, 6) is 0. The Labute approximate surface area is 179 Å². The van der Waals surface area contributed by atoms with Gasteiger partial charge in [0.2, 0.25) is 0 Å². The van der Waals surface area contributed by atoms with E-state index in [0.29, 0.717) is 0 Å². The molecule has 0 fully saturated rings. The van der Waals surface area contributed by atoms with Crippen LogP contribution in [0.25, 0.3) is 22.2 Å². The van der Waals surface area contributed by atoms with Crippen molar-refractivity contribution in [3.63, 3.8) is 0 Å². The molecule has 0 amide bonds. The van der Waals surface area contributed by atoms with Crippen molar-refractivity contribution in [2.24, 2.45) is 0 Å². The van der Waals surface area contributed by atoms with Gasteiger partial charge in [-0.3, -0.25) is 0 Å². The lowest BCUT2D eigenvalue weighted by Gasteiger charge is -2.20. The summed E-state index contributed by atoms with van der Waals surface area (Å²) in [6.07, 6.45) is 0. The van der Waals surface area contributed by atoms with E-state index in [9.17, 15) is 5.26 Å². The summed E-state index contributed by atoms with van der Waals surface area (Å²) in [6, 6.07) is 23.3. The summed E-state index contributed by atoms with van der Waals surface area (Å²) < 4.78 is 2.23. The zero-order valence-electron chi connectivity index (χ0n) is 16.0. The maximum Gasteiger partial charge on any atom is 0.102 e.